The number of likely N-dealkylation sites (tertiary alicyclic amines) is 1. The Hall–Kier alpha value is -1.69. The molecule has 1 N–H and O–H groups in total. The Bertz CT molecular complexity index is 745. The topological polar surface area (TPSA) is 70.8 Å². The van der Waals surface area contributed by atoms with E-state index in [0.29, 0.717) is 11.8 Å². The number of nitrogens with zero attached hydrogens (tertiary/aromatic N) is 4. The van der Waals surface area contributed by atoms with Crippen molar-refractivity contribution in [2.45, 2.75) is 63.7 Å². The van der Waals surface area contributed by atoms with E-state index in [1.807, 2.05) is 0 Å². The fourth-order valence-corrected chi connectivity index (χ4v) is 4.48. The van der Waals surface area contributed by atoms with Gasteiger partial charge in [-0.05, 0) is 56.9 Å². The van der Waals surface area contributed by atoms with Gasteiger partial charge in [0.2, 0.25) is 0 Å². The van der Waals surface area contributed by atoms with Crippen molar-refractivity contribution in [1.82, 2.24) is 25.2 Å². The number of hydrogen-bond acceptors (Lipinski definition) is 5. The molecule has 0 radical (unpaired) electrons. The molecule has 3 fully saturated rings. The highest BCUT2D eigenvalue weighted by molar-refractivity contribution is 5.12. The van der Waals surface area contributed by atoms with Crippen LogP contribution in [0, 0.1) is 11.8 Å². The molecular weight excluding hydrogens is 326 g/mol. The van der Waals surface area contributed by atoms with Crippen LogP contribution in [0.4, 0.5) is 0 Å². The highest BCUT2D eigenvalue weighted by Gasteiger charge is 2.44. The van der Waals surface area contributed by atoms with E-state index >= 15 is 0 Å². The maximum atomic E-state index is 5.42. The second kappa shape index (κ2) is 6.80. The second-order valence-corrected chi connectivity index (χ2v) is 8.46. The van der Waals surface area contributed by atoms with E-state index in [2.05, 4.69) is 33.2 Å². The molecule has 2 aromatic rings. The van der Waals surface area contributed by atoms with Crippen molar-refractivity contribution in [3.05, 3.63) is 29.2 Å². The minimum absolute atomic E-state index is 0.541. The summed E-state index contributed by atoms with van der Waals surface area (Å²) >= 11 is 0. The van der Waals surface area contributed by atoms with Gasteiger partial charge in [-0.15, -0.1) is 0 Å². The van der Waals surface area contributed by atoms with Crippen LogP contribution >= 0.6 is 0 Å². The number of H-pyrrole nitrogens is 1. The summed E-state index contributed by atoms with van der Waals surface area (Å²) in [7, 11) is 0. The standard InChI is InChI=1S/C20H29N5O/c1-2-15-10-16(26-24-15)4-3-9-25-11-17(13-5-6-13)18(12-25)20-21-19(22-23-20)14-7-8-14/h10,13-14,17-18H,2-9,11-12H2,1H3,(H,21,22,23)/t17-,18+/m1/s1. The monoisotopic (exact) mass is 355 g/mol. The van der Waals surface area contributed by atoms with E-state index in [9.17, 15) is 0 Å². The van der Waals surface area contributed by atoms with Gasteiger partial charge in [0.1, 0.15) is 11.6 Å². The van der Waals surface area contributed by atoms with Crippen molar-refractivity contribution in [1.29, 1.82) is 0 Å². The third kappa shape index (κ3) is 3.43. The molecule has 0 amide bonds. The normalized spacial score (nSPS) is 26.7. The van der Waals surface area contributed by atoms with E-state index in [1.54, 1.807) is 0 Å². The maximum Gasteiger partial charge on any atom is 0.153 e. The van der Waals surface area contributed by atoms with Crippen molar-refractivity contribution in [2.24, 2.45) is 11.8 Å². The molecule has 1 aliphatic heterocycles. The minimum atomic E-state index is 0.541. The van der Waals surface area contributed by atoms with Crippen molar-refractivity contribution in [2.75, 3.05) is 19.6 Å². The number of hydrogen-bond donors (Lipinski definition) is 1. The minimum Gasteiger partial charge on any atom is -0.361 e. The van der Waals surface area contributed by atoms with Crippen LogP contribution in [0.2, 0.25) is 0 Å². The SMILES string of the molecule is CCc1cc(CCCN2C[C@H](c3nc(C4CC4)n[nH]3)[C@@H](C3CC3)C2)on1. The summed E-state index contributed by atoms with van der Waals surface area (Å²) in [6.45, 7) is 5.58. The quantitative estimate of drug-likeness (QED) is 0.787. The Morgan fingerprint density at radius 1 is 1.23 bits per heavy atom. The molecule has 3 heterocycles. The van der Waals surface area contributed by atoms with Crippen LogP contribution < -0.4 is 0 Å². The average molecular weight is 355 g/mol. The summed E-state index contributed by atoms with van der Waals surface area (Å²) < 4.78 is 5.42. The van der Waals surface area contributed by atoms with Crippen molar-refractivity contribution in [3.8, 4) is 0 Å². The summed E-state index contributed by atoms with van der Waals surface area (Å²) in [4.78, 5) is 7.50. The number of aryl methyl sites for hydroxylation is 2. The van der Waals surface area contributed by atoms with Gasteiger partial charge in [0.25, 0.3) is 0 Å². The van der Waals surface area contributed by atoms with Crippen LogP contribution in [0.15, 0.2) is 10.6 Å². The van der Waals surface area contributed by atoms with Gasteiger partial charge in [0, 0.05) is 37.4 Å². The molecule has 0 spiro atoms. The molecule has 0 unspecified atom stereocenters. The van der Waals surface area contributed by atoms with Gasteiger partial charge in [-0.3, -0.25) is 5.10 Å². The lowest BCUT2D eigenvalue weighted by molar-refractivity contribution is 0.304. The van der Waals surface area contributed by atoms with E-state index < -0.39 is 0 Å². The van der Waals surface area contributed by atoms with Crippen LogP contribution in [0.5, 0.6) is 0 Å². The van der Waals surface area contributed by atoms with Crippen LogP contribution in [0.3, 0.4) is 0 Å². The molecule has 0 bridgehead atoms. The molecule has 2 atom stereocenters. The van der Waals surface area contributed by atoms with Crippen molar-refractivity contribution >= 4 is 0 Å². The van der Waals surface area contributed by atoms with E-state index in [0.717, 1.165) is 67.3 Å². The van der Waals surface area contributed by atoms with Gasteiger partial charge in [-0.25, -0.2) is 4.98 Å². The first-order chi connectivity index (χ1) is 12.8. The molecule has 26 heavy (non-hydrogen) atoms. The molecule has 6 heteroatoms. The van der Waals surface area contributed by atoms with Crippen LogP contribution in [0.1, 0.15) is 74.0 Å². The first-order valence-corrected chi connectivity index (χ1v) is 10.4. The maximum absolute atomic E-state index is 5.42. The third-order valence-electron chi connectivity index (χ3n) is 6.35. The van der Waals surface area contributed by atoms with Crippen LogP contribution in [-0.4, -0.2) is 44.9 Å². The largest absolute Gasteiger partial charge is 0.361 e. The predicted octanol–water partition coefficient (Wildman–Crippen LogP) is 3.29. The fourth-order valence-electron chi connectivity index (χ4n) is 4.48. The zero-order chi connectivity index (χ0) is 17.5. The summed E-state index contributed by atoms with van der Waals surface area (Å²) in [5.74, 6) is 6.07. The van der Waals surface area contributed by atoms with Crippen molar-refractivity contribution < 1.29 is 4.52 Å². The fraction of sp³-hybridized carbons (Fsp3) is 0.750. The first-order valence-electron chi connectivity index (χ1n) is 10.4. The molecule has 2 saturated carbocycles. The molecule has 1 saturated heterocycles. The molecule has 5 rings (SSSR count). The van der Waals surface area contributed by atoms with Gasteiger partial charge in [0.15, 0.2) is 5.82 Å². The van der Waals surface area contributed by atoms with Crippen LogP contribution in [-0.2, 0) is 12.8 Å². The Kier molecular flexibility index (Phi) is 4.31. The van der Waals surface area contributed by atoms with E-state index in [-0.39, 0.29) is 0 Å². The average Bonchev–Trinajstić information content (AvgIpc) is 3.55. The number of aromatic amines is 1. The summed E-state index contributed by atoms with van der Waals surface area (Å²) in [5, 5.41) is 11.9. The Balaban J connectivity index is 1.19. The summed E-state index contributed by atoms with van der Waals surface area (Å²) in [6.07, 6.45) is 8.39. The van der Waals surface area contributed by atoms with Gasteiger partial charge in [0.05, 0.1) is 5.69 Å². The third-order valence-corrected chi connectivity index (χ3v) is 6.35. The number of rotatable bonds is 8. The number of aromatic nitrogens is 4. The van der Waals surface area contributed by atoms with Gasteiger partial charge < -0.3 is 9.42 Å². The second-order valence-electron chi connectivity index (χ2n) is 8.46. The Labute approximate surface area is 154 Å². The lowest BCUT2D eigenvalue weighted by atomic mass is 9.91. The molecule has 3 aliphatic rings. The zero-order valence-corrected chi connectivity index (χ0v) is 15.7. The first kappa shape index (κ1) is 16.5. The van der Waals surface area contributed by atoms with E-state index in [4.69, 9.17) is 9.51 Å². The smallest absolute Gasteiger partial charge is 0.153 e. The molecule has 2 aromatic heterocycles. The summed E-state index contributed by atoms with van der Waals surface area (Å²) in [5.41, 5.74) is 1.06. The molecule has 0 aromatic carbocycles. The van der Waals surface area contributed by atoms with Crippen LogP contribution in [0.25, 0.3) is 0 Å². The molecule has 2 aliphatic carbocycles. The molecular formula is C20H29N5O. The van der Waals surface area contributed by atoms with Gasteiger partial charge >= 0.3 is 0 Å². The molecule has 6 nitrogen and oxygen atoms in total. The highest BCUT2D eigenvalue weighted by Crippen LogP contribution is 2.47. The number of nitrogens with one attached hydrogen (secondary N) is 1. The Morgan fingerprint density at radius 3 is 2.85 bits per heavy atom. The molecule has 140 valence electrons. The lowest BCUT2D eigenvalue weighted by Gasteiger charge is -2.15. The van der Waals surface area contributed by atoms with E-state index in [1.165, 1.54) is 32.2 Å². The summed E-state index contributed by atoms with van der Waals surface area (Å²) in [6, 6.07) is 2.10. The van der Waals surface area contributed by atoms with Gasteiger partial charge in [-0.2, -0.15) is 5.10 Å². The predicted molar refractivity (Wildman–Crippen MR) is 98.0 cm³/mol. The lowest BCUT2D eigenvalue weighted by Crippen LogP contribution is -2.22. The highest BCUT2D eigenvalue weighted by atomic mass is 16.5. The zero-order valence-electron chi connectivity index (χ0n) is 15.7. The van der Waals surface area contributed by atoms with Crippen molar-refractivity contribution in [3.63, 3.8) is 0 Å². The Morgan fingerprint density at radius 2 is 2.12 bits per heavy atom. The van der Waals surface area contributed by atoms with Gasteiger partial charge in [-0.1, -0.05) is 12.1 Å².